The molecular formula is C15H15FN4O. The second kappa shape index (κ2) is 6.51. The van der Waals surface area contributed by atoms with Crippen molar-refractivity contribution in [1.29, 1.82) is 0 Å². The number of hydrogen-bond acceptors (Lipinski definition) is 1. The third kappa shape index (κ3) is 3.79. The molecule has 0 aliphatic carbocycles. The normalized spacial score (nSPS) is 11.5. The van der Waals surface area contributed by atoms with Crippen LogP contribution in [0.4, 0.5) is 9.18 Å². The van der Waals surface area contributed by atoms with Crippen molar-refractivity contribution in [3.8, 4) is 0 Å². The minimum absolute atomic E-state index is 0.336. The molecule has 2 rings (SSSR count). The van der Waals surface area contributed by atoms with Gasteiger partial charge in [0.05, 0.1) is 6.04 Å². The van der Waals surface area contributed by atoms with Crippen LogP contribution >= 0.6 is 0 Å². The Bertz CT molecular complexity index is 654. The summed E-state index contributed by atoms with van der Waals surface area (Å²) in [7, 11) is 0. The Morgan fingerprint density at radius 3 is 2.29 bits per heavy atom. The first kappa shape index (κ1) is 14.5. The van der Waals surface area contributed by atoms with E-state index in [-0.39, 0.29) is 5.96 Å². The Balaban J connectivity index is 2.39. The molecule has 6 heteroatoms. The molecule has 0 fully saturated rings. The number of amides is 2. The highest BCUT2D eigenvalue weighted by atomic mass is 19.1. The number of halogens is 1. The van der Waals surface area contributed by atoms with Crippen LogP contribution in [0.5, 0.6) is 0 Å². The highest BCUT2D eigenvalue weighted by molar-refractivity contribution is 5.90. The fourth-order valence-electron chi connectivity index (χ4n) is 1.97. The van der Waals surface area contributed by atoms with Gasteiger partial charge in [-0.1, -0.05) is 48.5 Å². The number of aliphatic imine (C=N–C) groups is 1. The van der Waals surface area contributed by atoms with E-state index in [1.54, 1.807) is 42.5 Å². The Hall–Kier alpha value is -2.89. The van der Waals surface area contributed by atoms with Crippen molar-refractivity contribution >= 4 is 12.0 Å². The lowest BCUT2D eigenvalue weighted by atomic mass is 9.98. The van der Waals surface area contributed by atoms with Crippen LogP contribution in [0.2, 0.25) is 0 Å². The van der Waals surface area contributed by atoms with Crippen LogP contribution in [-0.2, 0) is 0 Å². The van der Waals surface area contributed by atoms with Crippen molar-refractivity contribution in [2.45, 2.75) is 6.04 Å². The average molecular weight is 286 g/mol. The molecule has 2 amide bonds. The van der Waals surface area contributed by atoms with Crippen LogP contribution in [-0.4, -0.2) is 12.0 Å². The van der Waals surface area contributed by atoms with Gasteiger partial charge in [0.15, 0.2) is 5.96 Å². The minimum Gasteiger partial charge on any atom is -0.370 e. The van der Waals surface area contributed by atoms with Gasteiger partial charge in [-0.15, -0.1) is 0 Å². The summed E-state index contributed by atoms with van der Waals surface area (Å²) in [4.78, 5) is 15.1. The SMILES string of the molecule is NC(N)=NC(=O)NC(c1ccccc1)c1ccccc1F. The lowest BCUT2D eigenvalue weighted by Crippen LogP contribution is -2.31. The number of carbonyl (C=O) groups excluding carboxylic acids is 1. The topological polar surface area (TPSA) is 93.5 Å². The van der Waals surface area contributed by atoms with Gasteiger partial charge in [0, 0.05) is 5.56 Å². The molecule has 1 atom stereocenters. The molecule has 108 valence electrons. The molecule has 0 aromatic heterocycles. The van der Waals surface area contributed by atoms with Crippen molar-refractivity contribution in [1.82, 2.24) is 5.32 Å². The lowest BCUT2D eigenvalue weighted by Gasteiger charge is -2.19. The van der Waals surface area contributed by atoms with Gasteiger partial charge in [-0.2, -0.15) is 4.99 Å². The fraction of sp³-hybridized carbons (Fsp3) is 0.0667. The van der Waals surface area contributed by atoms with Crippen LogP contribution in [0.3, 0.4) is 0 Å². The van der Waals surface area contributed by atoms with Crippen LogP contribution < -0.4 is 16.8 Å². The van der Waals surface area contributed by atoms with E-state index in [0.717, 1.165) is 5.56 Å². The summed E-state index contributed by atoms with van der Waals surface area (Å²) < 4.78 is 14.0. The first-order valence-corrected chi connectivity index (χ1v) is 6.27. The smallest absolute Gasteiger partial charge is 0.344 e. The summed E-state index contributed by atoms with van der Waals surface area (Å²) >= 11 is 0. The van der Waals surface area contributed by atoms with E-state index >= 15 is 0 Å². The molecule has 2 aromatic rings. The Labute approximate surface area is 121 Å². The molecule has 0 saturated heterocycles. The summed E-state index contributed by atoms with van der Waals surface area (Å²) in [5.41, 5.74) is 11.4. The molecule has 0 radical (unpaired) electrons. The number of nitrogens with two attached hydrogens (primary N) is 2. The number of rotatable bonds is 3. The molecule has 0 aliphatic heterocycles. The summed E-state index contributed by atoms with van der Waals surface area (Å²) in [6.07, 6.45) is 0. The monoisotopic (exact) mass is 286 g/mol. The summed E-state index contributed by atoms with van der Waals surface area (Å²) in [5.74, 6) is -0.774. The van der Waals surface area contributed by atoms with Gasteiger partial charge < -0.3 is 16.8 Å². The van der Waals surface area contributed by atoms with Crippen molar-refractivity contribution in [3.63, 3.8) is 0 Å². The van der Waals surface area contributed by atoms with Crippen molar-refractivity contribution in [2.24, 2.45) is 16.5 Å². The van der Waals surface area contributed by atoms with Gasteiger partial charge in [0.1, 0.15) is 5.82 Å². The third-order valence-electron chi connectivity index (χ3n) is 2.85. The Morgan fingerprint density at radius 2 is 1.67 bits per heavy atom. The second-order valence-corrected chi connectivity index (χ2v) is 4.35. The standard InChI is InChI=1S/C15H15FN4O/c16-12-9-5-4-8-11(12)13(10-6-2-1-3-7-10)19-15(21)20-14(17)18/h1-9,13H,(H5,17,18,19,20,21). The Kier molecular flexibility index (Phi) is 4.50. The largest absolute Gasteiger partial charge is 0.370 e. The summed E-state index contributed by atoms with van der Waals surface area (Å²) in [6, 6.07) is 13.8. The molecular weight excluding hydrogens is 271 g/mol. The molecule has 21 heavy (non-hydrogen) atoms. The average Bonchev–Trinajstić information content (AvgIpc) is 2.46. The van der Waals surface area contributed by atoms with E-state index in [2.05, 4.69) is 10.3 Å². The lowest BCUT2D eigenvalue weighted by molar-refractivity contribution is 0.247. The van der Waals surface area contributed by atoms with E-state index < -0.39 is 17.9 Å². The van der Waals surface area contributed by atoms with Crippen LogP contribution in [0.15, 0.2) is 59.6 Å². The molecule has 0 aliphatic rings. The quantitative estimate of drug-likeness (QED) is 0.594. The highest BCUT2D eigenvalue weighted by Gasteiger charge is 2.19. The molecule has 0 spiro atoms. The summed E-state index contributed by atoms with van der Waals surface area (Å²) in [6.45, 7) is 0. The van der Waals surface area contributed by atoms with Gasteiger partial charge in [0.2, 0.25) is 0 Å². The van der Waals surface area contributed by atoms with Gasteiger partial charge in [-0.25, -0.2) is 9.18 Å². The second-order valence-electron chi connectivity index (χ2n) is 4.35. The van der Waals surface area contributed by atoms with Gasteiger partial charge in [0.25, 0.3) is 0 Å². The maximum Gasteiger partial charge on any atom is 0.344 e. The fourth-order valence-corrected chi connectivity index (χ4v) is 1.97. The molecule has 1 unspecified atom stereocenters. The number of hydrogen-bond donors (Lipinski definition) is 3. The Morgan fingerprint density at radius 1 is 1.05 bits per heavy atom. The van der Waals surface area contributed by atoms with Crippen molar-refractivity contribution in [2.75, 3.05) is 0 Å². The molecule has 0 saturated carbocycles. The summed E-state index contributed by atoms with van der Waals surface area (Å²) in [5, 5.41) is 2.60. The maximum atomic E-state index is 14.0. The zero-order chi connectivity index (χ0) is 15.2. The van der Waals surface area contributed by atoms with Crippen LogP contribution in [0, 0.1) is 5.82 Å². The third-order valence-corrected chi connectivity index (χ3v) is 2.85. The molecule has 5 nitrogen and oxygen atoms in total. The number of nitrogens with one attached hydrogen (secondary N) is 1. The van der Waals surface area contributed by atoms with E-state index in [1.807, 2.05) is 6.07 Å². The number of carbonyl (C=O) groups is 1. The van der Waals surface area contributed by atoms with Crippen LogP contribution in [0.25, 0.3) is 0 Å². The highest BCUT2D eigenvalue weighted by Crippen LogP contribution is 2.24. The van der Waals surface area contributed by atoms with E-state index in [0.29, 0.717) is 5.56 Å². The number of benzene rings is 2. The van der Waals surface area contributed by atoms with Crippen molar-refractivity contribution in [3.05, 3.63) is 71.5 Å². The molecule has 2 aromatic carbocycles. The van der Waals surface area contributed by atoms with Gasteiger partial charge in [-0.3, -0.25) is 0 Å². The number of urea groups is 1. The van der Waals surface area contributed by atoms with Gasteiger partial charge in [-0.05, 0) is 11.6 Å². The first-order valence-electron chi connectivity index (χ1n) is 6.27. The number of nitrogens with zero attached hydrogens (tertiary/aromatic N) is 1. The number of guanidine groups is 1. The first-order chi connectivity index (χ1) is 10.1. The predicted molar refractivity (Wildman–Crippen MR) is 79.0 cm³/mol. The zero-order valence-corrected chi connectivity index (χ0v) is 11.2. The molecule has 0 bridgehead atoms. The minimum atomic E-state index is -0.730. The molecule has 0 heterocycles. The van der Waals surface area contributed by atoms with Crippen molar-refractivity contribution < 1.29 is 9.18 Å². The maximum absolute atomic E-state index is 14.0. The van der Waals surface area contributed by atoms with Crippen LogP contribution in [0.1, 0.15) is 17.2 Å². The molecule has 5 N–H and O–H groups in total. The van der Waals surface area contributed by atoms with E-state index in [9.17, 15) is 9.18 Å². The van der Waals surface area contributed by atoms with E-state index in [4.69, 9.17) is 11.5 Å². The van der Waals surface area contributed by atoms with E-state index in [1.165, 1.54) is 6.07 Å². The zero-order valence-electron chi connectivity index (χ0n) is 11.2. The predicted octanol–water partition coefficient (Wildman–Crippen LogP) is 1.90. The van der Waals surface area contributed by atoms with Gasteiger partial charge >= 0.3 is 6.03 Å².